The van der Waals surface area contributed by atoms with Gasteiger partial charge in [-0.2, -0.15) is 0 Å². The van der Waals surface area contributed by atoms with E-state index in [0.717, 1.165) is 23.7 Å². The number of likely N-dealkylation sites (tertiary alicyclic amines) is 1. The molecule has 1 N–H and O–H groups in total. The molecule has 1 atom stereocenters. The van der Waals surface area contributed by atoms with Crippen molar-refractivity contribution in [2.45, 2.75) is 24.8 Å². The molecule has 0 aliphatic carbocycles. The molecule has 1 aliphatic rings. The maximum absolute atomic E-state index is 13.3. The number of methoxy groups -OCH3 is 1. The van der Waals surface area contributed by atoms with Crippen LogP contribution in [0.5, 0.6) is 0 Å². The molecule has 6 nitrogen and oxygen atoms in total. The van der Waals surface area contributed by atoms with Gasteiger partial charge in [0.15, 0.2) is 0 Å². The first kappa shape index (κ1) is 17.4. The second-order valence-electron chi connectivity index (χ2n) is 6.44. The minimum Gasteiger partial charge on any atom is -0.382 e. The molecule has 1 aromatic carbocycles. The van der Waals surface area contributed by atoms with Gasteiger partial charge in [-0.15, -0.1) is 0 Å². The van der Waals surface area contributed by atoms with Crippen LogP contribution in [0.15, 0.2) is 36.5 Å². The van der Waals surface area contributed by atoms with E-state index in [1.54, 1.807) is 20.4 Å². The highest BCUT2D eigenvalue weighted by atomic mass is 16.5. The van der Waals surface area contributed by atoms with Crippen molar-refractivity contribution in [3.63, 3.8) is 0 Å². The van der Waals surface area contributed by atoms with Crippen molar-refractivity contribution < 1.29 is 14.3 Å². The lowest BCUT2D eigenvalue weighted by Crippen LogP contribution is -2.52. The lowest BCUT2D eigenvalue weighted by Gasteiger charge is -2.37. The first-order chi connectivity index (χ1) is 12.1. The van der Waals surface area contributed by atoms with E-state index in [4.69, 9.17) is 4.74 Å². The number of amides is 2. The van der Waals surface area contributed by atoms with Crippen LogP contribution in [0, 0.1) is 0 Å². The summed E-state index contributed by atoms with van der Waals surface area (Å²) in [7, 11) is 3.22. The molecule has 0 radical (unpaired) electrons. The summed E-state index contributed by atoms with van der Waals surface area (Å²) in [5, 5.41) is 3.49. The Bertz CT molecular complexity index is 787. The first-order valence-electron chi connectivity index (χ1n) is 8.46. The smallest absolute Gasteiger partial charge is 0.255 e. The van der Waals surface area contributed by atoms with Gasteiger partial charge in [-0.05, 0) is 31.0 Å². The van der Waals surface area contributed by atoms with E-state index < -0.39 is 5.54 Å². The van der Waals surface area contributed by atoms with Crippen LogP contribution < -0.4 is 5.32 Å². The van der Waals surface area contributed by atoms with Crippen molar-refractivity contribution in [3.8, 4) is 0 Å². The van der Waals surface area contributed by atoms with Crippen molar-refractivity contribution >= 4 is 22.7 Å². The summed E-state index contributed by atoms with van der Waals surface area (Å²) >= 11 is 0. The molecule has 6 heteroatoms. The van der Waals surface area contributed by atoms with E-state index in [-0.39, 0.29) is 18.2 Å². The molecule has 0 spiro atoms. The van der Waals surface area contributed by atoms with Crippen LogP contribution in [-0.2, 0) is 9.53 Å². The van der Waals surface area contributed by atoms with Gasteiger partial charge >= 0.3 is 0 Å². The maximum Gasteiger partial charge on any atom is 0.255 e. The molecule has 0 saturated carbocycles. The summed E-state index contributed by atoms with van der Waals surface area (Å²) in [4.78, 5) is 31.5. The Labute approximate surface area is 147 Å². The van der Waals surface area contributed by atoms with Gasteiger partial charge in [-0.3, -0.25) is 14.6 Å². The van der Waals surface area contributed by atoms with Crippen molar-refractivity contribution in [3.05, 3.63) is 42.1 Å². The van der Waals surface area contributed by atoms with E-state index in [1.165, 1.54) is 0 Å². The molecule has 0 unspecified atom stereocenters. The first-order valence-corrected chi connectivity index (χ1v) is 8.46. The second kappa shape index (κ2) is 7.19. The number of hydrogen-bond donors (Lipinski definition) is 1. The van der Waals surface area contributed by atoms with Crippen LogP contribution in [0.25, 0.3) is 10.9 Å². The minimum atomic E-state index is -0.601. The van der Waals surface area contributed by atoms with Crippen molar-refractivity contribution in [2.75, 3.05) is 27.3 Å². The minimum absolute atomic E-state index is 0.0722. The Balaban J connectivity index is 2.00. The Kier molecular flexibility index (Phi) is 4.99. The SMILES string of the molecule is CNC(=O)C[C@]1(COC)CCCN1C(=O)c1cccc2ncccc12. The number of rotatable bonds is 5. The van der Waals surface area contributed by atoms with Gasteiger partial charge < -0.3 is 15.0 Å². The van der Waals surface area contributed by atoms with Crippen LogP contribution in [0.3, 0.4) is 0 Å². The van der Waals surface area contributed by atoms with Gasteiger partial charge in [0.1, 0.15) is 0 Å². The summed E-state index contributed by atoms with van der Waals surface area (Å²) in [5.41, 5.74) is 0.803. The van der Waals surface area contributed by atoms with Crippen molar-refractivity contribution in [2.24, 2.45) is 0 Å². The van der Waals surface area contributed by atoms with Crippen LogP contribution >= 0.6 is 0 Å². The monoisotopic (exact) mass is 341 g/mol. The molecule has 25 heavy (non-hydrogen) atoms. The zero-order valence-electron chi connectivity index (χ0n) is 14.6. The normalized spacial score (nSPS) is 20.0. The average Bonchev–Trinajstić information content (AvgIpc) is 3.04. The highest BCUT2D eigenvalue weighted by Crippen LogP contribution is 2.35. The molecule has 0 bridgehead atoms. The quantitative estimate of drug-likeness (QED) is 0.903. The number of hydrogen-bond acceptors (Lipinski definition) is 4. The molecule has 1 aliphatic heterocycles. The molecule has 2 heterocycles. The second-order valence-corrected chi connectivity index (χ2v) is 6.44. The standard InChI is InChI=1S/C19H23N3O3/c1-20-17(23)12-19(13-25-2)9-5-11-22(19)18(24)15-6-3-8-16-14(15)7-4-10-21-16/h3-4,6-8,10H,5,9,11-13H2,1-2H3,(H,20,23)/t19-/m0/s1. The van der Waals surface area contributed by atoms with Crippen molar-refractivity contribution in [1.29, 1.82) is 0 Å². The Morgan fingerprint density at radius 2 is 2.16 bits per heavy atom. The van der Waals surface area contributed by atoms with Crippen LogP contribution in [0.1, 0.15) is 29.6 Å². The van der Waals surface area contributed by atoms with Crippen LogP contribution in [0.4, 0.5) is 0 Å². The predicted molar refractivity (Wildman–Crippen MR) is 95.3 cm³/mol. The summed E-state index contributed by atoms with van der Waals surface area (Å²) in [6.45, 7) is 0.963. The predicted octanol–water partition coefficient (Wildman–Crippen LogP) is 1.99. The third-order valence-electron chi connectivity index (χ3n) is 4.90. The summed E-state index contributed by atoms with van der Waals surface area (Å²) < 4.78 is 5.39. The van der Waals surface area contributed by atoms with Gasteiger partial charge in [-0.25, -0.2) is 0 Å². The maximum atomic E-state index is 13.3. The van der Waals surface area contributed by atoms with Gasteiger partial charge in [0, 0.05) is 37.8 Å². The van der Waals surface area contributed by atoms with E-state index in [1.807, 2.05) is 35.2 Å². The third-order valence-corrected chi connectivity index (χ3v) is 4.90. The summed E-state index contributed by atoms with van der Waals surface area (Å²) in [6.07, 6.45) is 3.57. The molecule has 2 aromatic rings. The topological polar surface area (TPSA) is 71.5 Å². The molecule has 1 saturated heterocycles. The van der Waals surface area contributed by atoms with E-state index in [2.05, 4.69) is 10.3 Å². The number of nitrogens with one attached hydrogen (secondary N) is 1. The van der Waals surface area contributed by atoms with Gasteiger partial charge in [-0.1, -0.05) is 12.1 Å². The lowest BCUT2D eigenvalue weighted by atomic mass is 9.91. The number of ether oxygens (including phenoxy) is 1. The molecule has 1 fully saturated rings. The Hall–Kier alpha value is -2.47. The Morgan fingerprint density at radius 1 is 1.32 bits per heavy atom. The van der Waals surface area contributed by atoms with E-state index in [9.17, 15) is 9.59 Å². The fourth-order valence-electron chi connectivity index (χ4n) is 3.73. The highest BCUT2D eigenvalue weighted by Gasteiger charge is 2.45. The van der Waals surface area contributed by atoms with Gasteiger partial charge in [0.05, 0.1) is 24.1 Å². The molecular weight excluding hydrogens is 318 g/mol. The van der Waals surface area contributed by atoms with E-state index >= 15 is 0 Å². The number of benzene rings is 1. The van der Waals surface area contributed by atoms with Gasteiger partial charge in [0.2, 0.25) is 5.91 Å². The number of pyridine rings is 1. The van der Waals surface area contributed by atoms with Crippen molar-refractivity contribution in [1.82, 2.24) is 15.2 Å². The number of fused-ring (bicyclic) bond motifs is 1. The summed E-state index contributed by atoms with van der Waals surface area (Å²) in [5.74, 6) is -0.159. The molecule has 3 rings (SSSR count). The number of nitrogens with zero attached hydrogens (tertiary/aromatic N) is 2. The number of carbonyl (C=O) groups excluding carboxylic acids is 2. The summed E-state index contributed by atoms with van der Waals surface area (Å²) in [6, 6.07) is 9.29. The molecule has 132 valence electrons. The van der Waals surface area contributed by atoms with Crippen LogP contribution in [-0.4, -0.2) is 54.5 Å². The lowest BCUT2D eigenvalue weighted by molar-refractivity contribution is -0.123. The zero-order valence-corrected chi connectivity index (χ0v) is 14.6. The average molecular weight is 341 g/mol. The molecule has 1 aromatic heterocycles. The van der Waals surface area contributed by atoms with E-state index in [0.29, 0.717) is 18.7 Å². The van der Waals surface area contributed by atoms with Crippen LogP contribution in [0.2, 0.25) is 0 Å². The number of carbonyl (C=O) groups is 2. The fraction of sp³-hybridized carbons (Fsp3) is 0.421. The largest absolute Gasteiger partial charge is 0.382 e. The Morgan fingerprint density at radius 3 is 2.92 bits per heavy atom. The fourth-order valence-corrected chi connectivity index (χ4v) is 3.73. The third kappa shape index (κ3) is 3.22. The molecule has 2 amide bonds. The number of aromatic nitrogens is 1. The van der Waals surface area contributed by atoms with Gasteiger partial charge in [0.25, 0.3) is 5.91 Å². The molecular formula is C19H23N3O3. The zero-order chi connectivity index (χ0) is 17.9. The highest BCUT2D eigenvalue weighted by molar-refractivity contribution is 6.06.